The number of halogens is 1. The molecular weight excluding hydrogens is 416 g/mol. The Kier molecular flexibility index (Phi) is 9.73. The van der Waals surface area contributed by atoms with Crippen molar-refractivity contribution in [3.05, 3.63) is 70.2 Å². The molecule has 0 heterocycles. The number of rotatable bonds is 10. The van der Waals surface area contributed by atoms with Crippen molar-refractivity contribution in [2.45, 2.75) is 58.5 Å². The van der Waals surface area contributed by atoms with Gasteiger partial charge in [0.25, 0.3) is 0 Å². The molecule has 0 saturated carbocycles. The van der Waals surface area contributed by atoms with Gasteiger partial charge in [0.2, 0.25) is 11.8 Å². The van der Waals surface area contributed by atoms with Crippen LogP contribution in [0, 0.1) is 6.92 Å². The number of aryl methyl sites for hydroxylation is 1. The van der Waals surface area contributed by atoms with Crippen LogP contribution >= 0.6 is 23.4 Å². The van der Waals surface area contributed by atoms with E-state index in [0.29, 0.717) is 17.3 Å². The highest BCUT2D eigenvalue weighted by Gasteiger charge is 2.26. The first kappa shape index (κ1) is 24.3. The Balaban J connectivity index is 2.06. The third kappa shape index (κ3) is 7.69. The summed E-state index contributed by atoms with van der Waals surface area (Å²) in [5.74, 6) is 0.903. The van der Waals surface area contributed by atoms with Gasteiger partial charge in [-0.05, 0) is 50.5 Å². The maximum absolute atomic E-state index is 13.1. The average molecular weight is 447 g/mol. The van der Waals surface area contributed by atoms with Crippen LogP contribution in [0.15, 0.2) is 48.5 Å². The molecule has 0 spiro atoms. The van der Waals surface area contributed by atoms with E-state index in [4.69, 9.17) is 11.6 Å². The van der Waals surface area contributed by atoms with Gasteiger partial charge in [-0.2, -0.15) is 0 Å². The highest BCUT2D eigenvalue weighted by Crippen LogP contribution is 2.17. The van der Waals surface area contributed by atoms with Crippen LogP contribution in [0.3, 0.4) is 0 Å². The molecule has 1 N–H and O–H groups in total. The molecule has 0 radical (unpaired) electrons. The third-order valence-corrected chi connectivity index (χ3v) is 6.29. The Hall–Kier alpha value is -1.98. The summed E-state index contributed by atoms with van der Waals surface area (Å²) >= 11 is 7.55. The fourth-order valence-corrected chi connectivity index (χ4v) is 3.85. The summed E-state index contributed by atoms with van der Waals surface area (Å²) in [5.41, 5.74) is 3.35. The van der Waals surface area contributed by atoms with E-state index in [1.165, 1.54) is 11.1 Å². The number of nitrogens with one attached hydrogen (secondary N) is 1. The van der Waals surface area contributed by atoms with E-state index < -0.39 is 6.04 Å². The quantitative estimate of drug-likeness (QED) is 0.544. The van der Waals surface area contributed by atoms with Crippen molar-refractivity contribution in [1.82, 2.24) is 10.2 Å². The van der Waals surface area contributed by atoms with Gasteiger partial charge in [-0.3, -0.25) is 9.59 Å². The van der Waals surface area contributed by atoms with Crippen molar-refractivity contribution < 1.29 is 9.59 Å². The zero-order valence-corrected chi connectivity index (χ0v) is 19.7. The monoisotopic (exact) mass is 446 g/mol. The first-order valence-corrected chi connectivity index (χ1v) is 11.8. The number of carbonyl (C=O) groups is 2. The minimum Gasteiger partial charge on any atom is -0.352 e. The number of hydrogen-bond donors (Lipinski definition) is 1. The Morgan fingerprint density at radius 3 is 2.23 bits per heavy atom. The van der Waals surface area contributed by atoms with Gasteiger partial charge < -0.3 is 10.2 Å². The molecule has 0 fully saturated rings. The summed E-state index contributed by atoms with van der Waals surface area (Å²) in [4.78, 5) is 27.4. The van der Waals surface area contributed by atoms with Crippen LogP contribution in [-0.4, -0.2) is 34.6 Å². The Morgan fingerprint density at radius 2 is 1.63 bits per heavy atom. The zero-order chi connectivity index (χ0) is 22.1. The first-order valence-electron chi connectivity index (χ1n) is 10.3. The summed E-state index contributed by atoms with van der Waals surface area (Å²) in [6, 6.07) is 15.2. The van der Waals surface area contributed by atoms with Crippen LogP contribution in [0.5, 0.6) is 0 Å². The van der Waals surface area contributed by atoms with E-state index in [-0.39, 0.29) is 17.9 Å². The van der Waals surface area contributed by atoms with Crippen LogP contribution in [0.4, 0.5) is 0 Å². The average Bonchev–Trinajstić information content (AvgIpc) is 2.74. The third-order valence-electron chi connectivity index (χ3n) is 5.05. The SMILES string of the molecule is CC[C@H](C)NC(=O)[C@@H](C)N(Cc1ccc(Cl)cc1)C(=O)CSCc1ccc(C)cc1. The van der Waals surface area contributed by atoms with Gasteiger partial charge in [0, 0.05) is 23.4 Å². The molecule has 2 aromatic carbocycles. The molecule has 0 aliphatic rings. The summed E-state index contributed by atoms with van der Waals surface area (Å²) in [5, 5.41) is 3.63. The van der Waals surface area contributed by atoms with E-state index >= 15 is 0 Å². The largest absolute Gasteiger partial charge is 0.352 e. The van der Waals surface area contributed by atoms with Crippen LogP contribution in [-0.2, 0) is 21.9 Å². The lowest BCUT2D eigenvalue weighted by molar-refractivity contribution is -0.138. The van der Waals surface area contributed by atoms with Crippen molar-refractivity contribution in [3.63, 3.8) is 0 Å². The van der Waals surface area contributed by atoms with Gasteiger partial charge in [0.15, 0.2) is 0 Å². The fraction of sp³-hybridized carbons (Fsp3) is 0.417. The molecule has 2 aromatic rings. The van der Waals surface area contributed by atoms with Gasteiger partial charge in [0.05, 0.1) is 5.75 Å². The Labute approximate surface area is 189 Å². The molecule has 0 saturated heterocycles. The molecule has 0 aliphatic carbocycles. The highest BCUT2D eigenvalue weighted by atomic mass is 35.5. The molecule has 162 valence electrons. The zero-order valence-electron chi connectivity index (χ0n) is 18.2. The van der Waals surface area contributed by atoms with Crippen molar-refractivity contribution in [1.29, 1.82) is 0 Å². The normalized spacial score (nSPS) is 12.8. The molecule has 2 amide bonds. The minimum absolute atomic E-state index is 0.0473. The van der Waals surface area contributed by atoms with E-state index in [1.54, 1.807) is 35.7 Å². The lowest BCUT2D eigenvalue weighted by atomic mass is 10.1. The number of thioether (sulfide) groups is 1. The Bertz CT molecular complexity index is 824. The van der Waals surface area contributed by atoms with Crippen molar-refractivity contribution in [2.24, 2.45) is 0 Å². The van der Waals surface area contributed by atoms with Crippen LogP contribution in [0.25, 0.3) is 0 Å². The van der Waals surface area contributed by atoms with Crippen molar-refractivity contribution >= 4 is 35.2 Å². The minimum atomic E-state index is -0.554. The molecule has 0 unspecified atom stereocenters. The predicted octanol–water partition coefficient (Wildman–Crippen LogP) is 5.21. The highest BCUT2D eigenvalue weighted by molar-refractivity contribution is 7.99. The second-order valence-corrected chi connectivity index (χ2v) is 9.04. The van der Waals surface area contributed by atoms with E-state index in [0.717, 1.165) is 17.7 Å². The Morgan fingerprint density at radius 1 is 1.03 bits per heavy atom. The van der Waals surface area contributed by atoms with Crippen LogP contribution in [0.2, 0.25) is 5.02 Å². The molecule has 2 rings (SSSR count). The van der Waals surface area contributed by atoms with Gasteiger partial charge in [-0.25, -0.2) is 0 Å². The molecule has 30 heavy (non-hydrogen) atoms. The van der Waals surface area contributed by atoms with Gasteiger partial charge in [-0.1, -0.05) is 60.5 Å². The maximum atomic E-state index is 13.1. The molecule has 0 aromatic heterocycles. The number of hydrogen-bond acceptors (Lipinski definition) is 3. The van der Waals surface area contributed by atoms with E-state index in [9.17, 15) is 9.59 Å². The molecule has 4 nitrogen and oxygen atoms in total. The van der Waals surface area contributed by atoms with Gasteiger partial charge in [-0.15, -0.1) is 11.8 Å². The summed E-state index contributed by atoms with van der Waals surface area (Å²) < 4.78 is 0. The topological polar surface area (TPSA) is 49.4 Å². The second-order valence-electron chi connectivity index (χ2n) is 7.62. The lowest BCUT2D eigenvalue weighted by Gasteiger charge is -2.29. The second kappa shape index (κ2) is 12.0. The molecule has 0 bridgehead atoms. The summed E-state index contributed by atoms with van der Waals surface area (Å²) in [6.07, 6.45) is 0.843. The summed E-state index contributed by atoms with van der Waals surface area (Å²) in [6.45, 7) is 8.20. The van der Waals surface area contributed by atoms with Crippen molar-refractivity contribution in [3.8, 4) is 0 Å². The number of amides is 2. The molecular formula is C24H31ClN2O2S. The van der Waals surface area contributed by atoms with Crippen molar-refractivity contribution in [2.75, 3.05) is 5.75 Å². The predicted molar refractivity (Wildman–Crippen MR) is 127 cm³/mol. The maximum Gasteiger partial charge on any atom is 0.242 e. The smallest absolute Gasteiger partial charge is 0.242 e. The van der Waals surface area contributed by atoms with Crippen LogP contribution < -0.4 is 5.32 Å². The van der Waals surface area contributed by atoms with Gasteiger partial charge >= 0.3 is 0 Å². The van der Waals surface area contributed by atoms with E-state index in [1.807, 2.05) is 26.0 Å². The molecule has 6 heteroatoms. The number of nitrogens with zero attached hydrogens (tertiary/aromatic N) is 1. The van der Waals surface area contributed by atoms with Crippen LogP contribution in [0.1, 0.15) is 43.9 Å². The fourth-order valence-electron chi connectivity index (χ4n) is 2.86. The standard InChI is InChI=1S/C24H31ClN2O2S/c1-5-18(3)26-24(29)19(4)27(14-20-10-12-22(25)13-11-20)23(28)16-30-15-21-8-6-17(2)7-9-21/h6-13,18-19H,5,14-16H2,1-4H3,(H,26,29)/t18-,19+/m0/s1. The lowest BCUT2D eigenvalue weighted by Crippen LogP contribution is -2.50. The number of carbonyl (C=O) groups excluding carboxylic acids is 2. The first-order chi connectivity index (χ1) is 14.3. The molecule has 2 atom stereocenters. The summed E-state index contributed by atoms with van der Waals surface area (Å²) in [7, 11) is 0. The molecule has 0 aliphatic heterocycles. The van der Waals surface area contributed by atoms with E-state index in [2.05, 4.69) is 36.5 Å². The number of benzene rings is 2. The van der Waals surface area contributed by atoms with Gasteiger partial charge in [0.1, 0.15) is 6.04 Å².